The number of hydrogen-bond acceptors (Lipinski definition) is 0. The molecule has 56 valence electrons. The summed E-state index contributed by atoms with van der Waals surface area (Å²) < 4.78 is 13.1. The van der Waals surface area contributed by atoms with Crippen LogP contribution in [0.3, 0.4) is 0 Å². The molecule has 0 aromatic heterocycles. The van der Waals surface area contributed by atoms with Gasteiger partial charge in [0.2, 0.25) is 0 Å². The molecule has 0 radical (unpaired) electrons. The van der Waals surface area contributed by atoms with E-state index in [4.69, 9.17) is 18.0 Å². The molecule has 0 nitrogen and oxygen atoms in total. The smallest absolute Gasteiger partial charge is 0.138 e. The van der Waals surface area contributed by atoms with Gasteiger partial charge in [-0.15, -0.1) is 6.42 Å². The SMILES string of the molecule is C#Cc1cc(F)c(Br)cc1Cl. The van der Waals surface area contributed by atoms with Crippen molar-refractivity contribution in [2.24, 2.45) is 0 Å². The van der Waals surface area contributed by atoms with Crippen molar-refractivity contribution in [1.29, 1.82) is 0 Å². The van der Waals surface area contributed by atoms with E-state index in [0.29, 0.717) is 15.1 Å². The van der Waals surface area contributed by atoms with Gasteiger partial charge in [-0.3, -0.25) is 0 Å². The molecule has 1 aromatic rings. The van der Waals surface area contributed by atoms with Crippen LogP contribution < -0.4 is 0 Å². The number of hydrogen-bond donors (Lipinski definition) is 0. The van der Waals surface area contributed by atoms with Crippen molar-refractivity contribution < 1.29 is 4.39 Å². The quantitative estimate of drug-likeness (QED) is 0.477. The van der Waals surface area contributed by atoms with E-state index in [0.717, 1.165) is 0 Å². The summed E-state index contributed by atoms with van der Waals surface area (Å²) >= 11 is 8.64. The molecule has 0 N–H and O–H groups in total. The van der Waals surface area contributed by atoms with E-state index in [1.165, 1.54) is 12.1 Å². The maximum absolute atomic E-state index is 12.7. The fourth-order valence-corrected chi connectivity index (χ4v) is 1.33. The Balaban J connectivity index is 3.35. The summed E-state index contributed by atoms with van der Waals surface area (Å²) in [6, 6.07) is 2.65. The molecule has 0 aliphatic rings. The van der Waals surface area contributed by atoms with Gasteiger partial charge in [0.05, 0.1) is 9.50 Å². The molecule has 0 spiro atoms. The lowest BCUT2D eigenvalue weighted by Gasteiger charge is -1.97. The van der Waals surface area contributed by atoms with Gasteiger partial charge in [0.25, 0.3) is 0 Å². The van der Waals surface area contributed by atoms with Gasteiger partial charge in [0.15, 0.2) is 0 Å². The summed E-state index contributed by atoms with van der Waals surface area (Å²) in [6.07, 6.45) is 5.05. The molecule has 1 rings (SSSR count). The molecule has 0 fully saturated rings. The van der Waals surface area contributed by atoms with E-state index in [1.54, 1.807) is 0 Å². The van der Waals surface area contributed by atoms with E-state index in [2.05, 4.69) is 21.9 Å². The summed E-state index contributed by atoms with van der Waals surface area (Å²) in [4.78, 5) is 0. The largest absolute Gasteiger partial charge is 0.206 e. The number of benzene rings is 1. The average Bonchev–Trinajstić information content (AvgIpc) is 1.97. The Labute approximate surface area is 77.5 Å². The molecule has 11 heavy (non-hydrogen) atoms. The third-order valence-electron chi connectivity index (χ3n) is 1.17. The molecule has 0 aliphatic heterocycles. The molecule has 3 heteroatoms. The van der Waals surface area contributed by atoms with Crippen molar-refractivity contribution in [3.63, 3.8) is 0 Å². The summed E-state index contributed by atoms with van der Waals surface area (Å²) in [6.45, 7) is 0. The Morgan fingerprint density at radius 2 is 2.18 bits per heavy atom. The van der Waals surface area contributed by atoms with Crippen LogP contribution in [0.25, 0.3) is 0 Å². The third-order valence-corrected chi connectivity index (χ3v) is 2.09. The Morgan fingerprint density at radius 3 is 2.73 bits per heavy atom. The van der Waals surface area contributed by atoms with Gasteiger partial charge >= 0.3 is 0 Å². The fraction of sp³-hybridized carbons (Fsp3) is 0. The molecule has 0 atom stereocenters. The van der Waals surface area contributed by atoms with E-state index in [-0.39, 0.29) is 0 Å². The van der Waals surface area contributed by atoms with E-state index < -0.39 is 5.82 Å². The topological polar surface area (TPSA) is 0 Å². The van der Waals surface area contributed by atoms with E-state index in [9.17, 15) is 4.39 Å². The van der Waals surface area contributed by atoms with Crippen LogP contribution in [0.1, 0.15) is 5.56 Å². The fourth-order valence-electron chi connectivity index (χ4n) is 0.633. The first-order chi connectivity index (χ1) is 5.15. The molecule has 0 aliphatic carbocycles. The van der Waals surface area contributed by atoms with Gasteiger partial charge in [0, 0.05) is 5.56 Å². The van der Waals surface area contributed by atoms with Gasteiger partial charge in [-0.25, -0.2) is 4.39 Å². The minimum absolute atomic E-state index is 0.321. The number of terminal acetylenes is 1. The van der Waals surface area contributed by atoms with Crippen LogP contribution in [0.4, 0.5) is 4.39 Å². The minimum Gasteiger partial charge on any atom is -0.206 e. The second-order valence-electron chi connectivity index (χ2n) is 1.89. The highest BCUT2D eigenvalue weighted by molar-refractivity contribution is 9.10. The summed E-state index contributed by atoms with van der Waals surface area (Å²) in [5.41, 5.74) is 0.368. The highest BCUT2D eigenvalue weighted by atomic mass is 79.9. The molecule has 0 unspecified atom stereocenters. The standard InChI is InChI=1S/C8H3BrClF/c1-2-5-3-8(11)6(9)4-7(5)10/h1,3-4H. The minimum atomic E-state index is -0.401. The second-order valence-corrected chi connectivity index (χ2v) is 3.15. The molecule has 0 saturated carbocycles. The predicted molar refractivity (Wildman–Crippen MR) is 47.0 cm³/mol. The van der Waals surface area contributed by atoms with Crippen LogP contribution in [-0.2, 0) is 0 Å². The highest BCUT2D eigenvalue weighted by Gasteiger charge is 2.03. The van der Waals surface area contributed by atoms with Crippen LogP contribution in [0, 0.1) is 18.2 Å². The molecule has 1 aromatic carbocycles. The predicted octanol–water partition coefficient (Wildman–Crippen LogP) is 3.22. The number of rotatable bonds is 0. The van der Waals surface area contributed by atoms with Crippen molar-refractivity contribution in [3.05, 3.63) is 33.0 Å². The van der Waals surface area contributed by atoms with Gasteiger partial charge in [0.1, 0.15) is 5.82 Å². The Hall–Kier alpha value is -0.520. The summed E-state index contributed by atoms with van der Waals surface area (Å²) in [5, 5.41) is 0.376. The molecular formula is C8H3BrClF. The monoisotopic (exact) mass is 232 g/mol. The molecule has 0 heterocycles. The van der Waals surface area contributed by atoms with E-state index in [1.807, 2.05) is 0 Å². The lowest BCUT2D eigenvalue weighted by atomic mass is 10.2. The van der Waals surface area contributed by atoms with Crippen LogP contribution in [0.15, 0.2) is 16.6 Å². The lowest BCUT2D eigenvalue weighted by molar-refractivity contribution is 0.621. The Kier molecular flexibility index (Phi) is 2.53. The van der Waals surface area contributed by atoms with Crippen LogP contribution >= 0.6 is 27.5 Å². The first-order valence-corrected chi connectivity index (χ1v) is 3.93. The van der Waals surface area contributed by atoms with Gasteiger partial charge in [-0.2, -0.15) is 0 Å². The van der Waals surface area contributed by atoms with Gasteiger partial charge < -0.3 is 0 Å². The van der Waals surface area contributed by atoms with Crippen LogP contribution in [-0.4, -0.2) is 0 Å². The zero-order chi connectivity index (χ0) is 8.43. The normalized spacial score (nSPS) is 9.27. The summed E-state index contributed by atoms with van der Waals surface area (Å²) in [5.74, 6) is 1.87. The van der Waals surface area contributed by atoms with Crippen molar-refractivity contribution in [1.82, 2.24) is 0 Å². The van der Waals surface area contributed by atoms with Crippen molar-refractivity contribution in [2.75, 3.05) is 0 Å². The molecule has 0 amide bonds. The first-order valence-electron chi connectivity index (χ1n) is 2.76. The zero-order valence-corrected chi connectivity index (χ0v) is 7.71. The zero-order valence-electron chi connectivity index (χ0n) is 5.37. The molecule has 0 saturated heterocycles. The Morgan fingerprint density at radius 1 is 1.55 bits per heavy atom. The van der Waals surface area contributed by atoms with Crippen LogP contribution in [0.2, 0.25) is 5.02 Å². The maximum Gasteiger partial charge on any atom is 0.138 e. The van der Waals surface area contributed by atoms with E-state index >= 15 is 0 Å². The van der Waals surface area contributed by atoms with Gasteiger partial charge in [-0.1, -0.05) is 17.5 Å². The highest BCUT2D eigenvalue weighted by Crippen LogP contribution is 2.23. The lowest BCUT2D eigenvalue weighted by Crippen LogP contribution is -1.82. The van der Waals surface area contributed by atoms with Gasteiger partial charge in [-0.05, 0) is 28.1 Å². The maximum atomic E-state index is 12.7. The average molecular weight is 233 g/mol. The molecule has 0 bridgehead atoms. The first kappa shape index (κ1) is 8.58. The second kappa shape index (κ2) is 3.25. The summed E-state index contributed by atoms with van der Waals surface area (Å²) in [7, 11) is 0. The third kappa shape index (κ3) is 1.74. The van der Waals surface area contributed by atoms with Crippen molar-refractivity contribution in [2.45, 2.75) is 0 Å². The Bertz CT molecular complexity index is 328. The van der Waals surface area contributed by atoms with Crippen molar-refractivity contribution >= 4 is 27.5 Å². The number of halogens is 3. The van der Waals surface area contributed by atoms with Crippen molar-refractivity contribution in [3.8, 4) is 12.3 Å². The molecular weight excluding hydrogens is 230 g/mol. The van der Waals surface area contributed by atoms with Crippen LogP contribution in [0.5, 0.6) is 0 Å².